The quantitative estimate of drug-likeness (QED) is 0.637. The number of halogens is 1. The molecule has 3 rings (SSSR count). The summed E-state index contributed by atoms with van der Waals surface area (Å²) in [5, 5.41) is 3.33. The summed E-state index contributed by atoms with van der Waals surface area (Å²) < 4.78 is 27.8. The van der Waals surface area contributed by atoms with E-state index in [1.807, 2.05) is 11.8 Å². The first kappa shape index (κ1) is 21.7. The van der Waals surface area contributed by atoms with Crippen LogP contribution in [-0.4, -0.2) is 38.4 Å². The number of amides is 1. The van der Waals surface area contributed by atoms with Gasteiger partial charge in [-0.15, -0.1) is 6.58 Å². The molecule has 1 N–H and O–H groups in total. The van der Waals surface area contributed by atoms with Gasteiger partial charge in [0.2, 0.25) is 0 Å². The molecular formula is C21H23ClN2O3S2. The van der Waals surface area contributed by atoms with Crippen molar-refractivity contribution in [1.29, 1.82) is 0 Å². The number of hydrogen-bond donors (Lipinski definition) is 1. The molecule has 1 aliphatic rings. The Balaban J connectivity index is 1.89. The number of nitrogens with zero attached hydrogens (tertiary/aromatic N) is 1. The molecule has 8 heteroatoms. The van der Waals surface area contributed by atoms with E-state index in [4.69, 9.17) is 11.6 Å². The van der Waals surface area contributed by atoms with Crippen molar-refractivity contribution in [1.82, 2.24) is 5.32 Å². The second-order valence-electron chi connectivity index (χ2n) is 6.66. The third-order valence-corrected chi connectivity index (χ3v) is 7.80. The van der Waals surface area contributed by atoms with Crippen molar-refractivity contribution in [2.45, 2.75) is 23.8 Å². The van der Waals surface area contributed by atoms with Crippen LogP contribution in [0, 0.1) is 0 Å². The van der Waals surface area contributed by atoms with Crippen LogP contribution < -0.4 is 9.62 Å². The highest BCUT2D eigenvalue weighted by Crippen LogP contribution is 2.30. The first-order chi connectivity index (χ1) is 13.9. The van der Waals surface area contributed by atoms with Crippen molar-refractivity contribution in [3.05, 3.63) is 71.8 Å². The molecule has 0 unspecified atom stereocenters. The van der Waals surface area contributed by atoms with E-state index in [0.29, 0.717) is 16.3 Å². The van der Waals surface area contributed by atoms with E-state index < -0.39 is 10.0 Å². The van der Waals surface area contributed by atoms with Gasteiger partial charge in [0, 0.05) is 11.6 Å². The summed E-state index contributed by atoms with van der Waals surface area (Å²) in [4.78, 5) is 12.7. The van der Waals surface area contributed by atoms with Crippen molar-refractivity contribution in [2.24, 2.45) is 0 Å². The number of thioether (sulfide) groups is 1. The van der Waals surface area contributed by atoms with Crippen LogP contribution in [0.2, 0.25) is 5.02 Å². The number of carbonyl (C=O) groups is 1. The zero-order valence-electron chi connectivity index (χ0n) is 15.9. The standard InChI is InChI=1S/C21H23ClN2O3S2/c1-2-12-24(20-9-4-3-8-19(20)22)29(26,27)18-7-5-6-16(15-18)21(25)23-17-10-13-28-14-11-17/h2-9,15,17H,1,10-14H2,(H,23,25). The molecule has 1 amide bonds. The van der Waals surface area contributed by atoms with E-state index >= 15 is 0 Å². The number of rotatable bonds is 7. The second-order valence-corrected chi connectivity index (χ2v) is 10.2. The molecule has 0 aromatic heterocycles. The molecular weight excluding hydrogens is 428 g/mol. The van der Waals surface area contributed by atoms with Gasteiger partial charge < -0.3 is 5.32 Å². The summed E-state index contributed by atoms with van der Waals surface area (Å²) in [6.07, 6.45) is 3.35. The Morgan fingerprint density at radius 3 is 2.62 bits per heavy atom. The summed E-state index contributed by atoms with van der Waals surface area (Å²) >= 11 is 8.11. The molecule has 0 bridgehead atoms. The molecule has 154 valence electrons. The van der Waals surface area contributed by atoms with Gasteiger partial charge >= 0.3 is 0 Å². The SMILES string of the molecule is C=CCN(c1ccccc1Cl)S(=O)(=O)c1cccc(C(=O)NC2CCSCC2)c1. The molecule has 0 saturated carbocycles. The van der Waals surface area contributed by atoms with Crippen molar-refractivity contribution in [2.75, 3.05) is 22.4 Å². The van der Waals surface area contributed by atoms with Gasteiger partial charge in [0.1, 0.15) is 0 Å². The third kappa shape index (κ3) is 5.15. The number of benzene rings is 2. The van der Waals surface area contributed by atoms with Crippen LogP contribution in [0.1, 0.15) is 23.2 Å². The lowest BCUT2D eigenvalue weighted by Crippen LogP contribution is -2.37. The second kappa shape index (κ2) is 9.69. The van der Waals surface area contributed by atoms with E-state index in [1.54, 1.807) is 36.4 Å². The molecule has 1 aliphatic heterocycles. The molecule has 2 aromatic carbocycles. The minimum absolute atomic E-state index is 0.0334. The molecule has 5 nitrogen and oxygen atoms in total. The van der Waals surface area contributed by atoms with Gasteiger partial charge in [-0.25, -0.2) is 8.42 Å². The highest BCUT2D eigenvalue weighted by Gasteiger charge is 2.26. The Bertz CT molecular complexity index is 989. The smallest absolute Gasteiger partial charge is 0.264 e. The summed E-state index contributed by atoms with van der Waals surface area (Å²) in [5.41, 5.74) is 0.686. The van der Waals surface area contributed by atoms with Crippen LogP contribution in [-0.2, 0) is 10.0 Å². The molecule has 1 saturated heterocycles. The lowest BCUT2D eigenvalue weighted by molar-refractivity contribution is 0.0934. The van der Waals surface area contributed by atoms with E-state index in [2.05, 4.69) is 11.9 Å². The predicted octanol–water partition coefficient (Wildman–Crippen LogP) is 4.35. The average Bonchev–Trinajstić information content (AvgIpc) is 2.73. The maximum absolute atomic E-state index is 13.3. The van der Waals surface area contributed by atoms with Gasteiger partial charge in [-0.2, -0.15) is 11.8 Å². The zero-order chi connectivity index (χ0) is 20.9. The molecule has 0 atom stereocenters. The van der Waals surface area contributed by atoms with Gasteiger partial charge in [0.15, 0.2) is 0 Å². The Kier molecular flexibility index (Phi) is 7.27. The van der Waals surface area contributed by atoms with Crippen molar-refractivity contribution in [3.63, 3.8) is 0 Å². The first-order valence-corrected chi connectivity index (χ1v) is 12.3. The predicted molar refractivity (Wildman–Crippen MR) is 120 cm³/mol. The normalized spacial score (nSPS) is 14.9. The largest absolute Gasteiger partial charge is 0.349 e. The van der Waals surface area contributed by atoms with Gasteiger partial charge in [-0.3, -0.25) is 9.10 Å². The number of sulfonamides is 1. The van der Waals surface area contributed by atoms with Crippen LogP contribution in [0.4, 0.5) is 5.69 Å². The van der Waals surface area contributed by atoms with Gasteiger partial charge in [0.25, 0.3) is 15.9 Å². The topological polar surface area (TPSA) is 66.5 Å². The maximum Gasteiger partial charge on any atom is 0.264 e. The summed E-state index contributed by atoms with van der Waals surface area (Å²) in [6, 6.07) is 13.0. The molecule has 29 heavy (non-hydrogen) atoms. The number of hydrogen-bond acceptors (Lipinski definition) is 4. The molecule has 0 radical (unpaired) electrons. The van der Waals surface area contributed by atoms with Gasteiger partial charge in [-0.1, -0.05) is 35.9 Å². The van der Waals surface area contributed by atoms with Crippen molar-refractivity contribution < 1.29 is 13.2 Å². The molecule has 1 fully saturated rings. The fraction of sp³-hybridized carbons (Fsp3) is 0.286. The van der Waals surface area contributed by atoms with Crippen molar-refractivity contribution >= 4 is 45.0 Å². The molecule has 0 spiro atoms. The molecule has 2 aromatic rings. The number of carbonyl (C=O) groups excluding carboxylic acids is 1. The third-order valence-electron chi connectivity index (χ3n) is 4.66. The minimum Gasteiger partial charge on any atom is -0.349 e. The lowest BCUT2D eigenvalue weighted by Gasteiger charge is -2.25. The van der Waals surface area contributed by atoms with E-state index in [1.165, 1.54) is 22.5 Å². The Hall–Kier alpha value is -1.96. The number of anilines is 1. The maximum atomic E-state index is 13.3. The number of nitrogens with one attached hydrogen (secondary N) is 1. The average molecular weight is 451 g/mol. The van der Waals surface area contributed by atoms with Gasteiger partial charge in [-0.05, 0) is 54.7 Å². The van der Waals surface area contributed by atoms with E-state index in [0.717, 1.165) is 24.3 Å². The summed E-state index contributed by atoms with van der Waals surface area (Å²) in [7, 11) is -3.93. The summed E-state index contributed by atoms with van der Waals surface area (Å²) in [6.45, 7) is 3.72. The lowest BCUT2D eigenvalue weighted by atomic mass is 10.1. The van der Waals surface area contributed by atoms with Crippen LogP contribution in [0.5, 0.6) is 0 Å². The Labute approximate surface area is 181 Å². The van der Waals surface area contributed by atoms with Crippen LogP contribution in [0.25, 0.3) is 0 Å². The van der Waals surface area contributed by atoms with E-state index in [-0.39, 0.29) is 23.4 Å². The fourth-order valence-electron chi connectivity index (χ4n) is 3.13. The van der Waals surface area contributed by atoms with Crippen LogP contribution in [0.3, 0.4) is 0 Å². The van der Waals surface area contributed by atoms with E-state index in [9.17, 15) is 13.2 Å². The van der Waals surface area contributed by atoms with Crippen LogP contribution >= 0.6 is 23.4 Å². The van der Waals surface area contributed by atoms with Crippen molar-refractivity contribution in [3.8, 4) is 0 Å². The molecule has 1 heterocycles. The highest BCUT2D eigenvalue weighted by molar-refractivity contribution is 7.99. The van der Waals surface area contributed by atoms with Crippen LogP contribution in [0.15, 0.2) is 66.1 Å². The summed E-state index contributed by atoms with van der Waals surface area (Å²) in [5.74, 6) is 1.79. The minimum atomic E-state index is -3.93. The first-order valence-electron chi connectivity index (χ1n) is 9.30. The Morgan fingerprint density at radius 2 is 1.93 bits per heavy atom. The number of para-hydroxylation sites is 1. The monoisotopic (exact) mass is 450 g/mol. The fourth-order valence-corrected chi connectivity index (χ4v) is 6.03. The molecule has 0 aliphatic carbocycles. The highest BCUT2D eigenvalue weighted by atomic mass is 35.5. The Morgan fingerprint density at radius 1 is 1.21 bits per heavy atom. The zero-order valence-corrected chi connectivity index (χ0v) is 18.3. The van der Waals surface area contributed by atoms with Gasteiger partial charge in [0.05, 0.1) is 22.2 Å².